The molecule has 6 N–H and O–H groups in total. The average Bonchev–Trinajstić information content (AvgIpc) is 1.58. The molecule has 6 aliphatic carbocycles. The van der Waals surface area contributed by atoms with Crippen LogP contribution in [-0.2, 0) is 18.2 Å². The normalized spacial score (nSPS) is 27.6. The van der Waals surface area contributed by atoms with E-state index < -0.39 is 93.9 Å². The van der Waals surface area contributed by atoms with Crippen molar-refractivity contribution in [2.24, 2.45) is 45.3 Å². The number of allylic oxidation sites excluding steroid dienone is 6. The molecule has 0 amide bonds. The minimum Gasteiger partial charge on any atom is -0.413 e. The number of hydrogen-bond acceptors (Lipinski definition) is 10. The molecular formula is C90H137F12O10PSSi2. The lowest BCUT2D eigenvalue weighted by Gasteiger charge is -2.49. The summed E-state index contributed by atoms with van der Waals surface area (Å²) in [6.45, 7) is 46.1. The van der Waals surface area contributed by atoms with E-state index in [0.29, 0.717) is 75.9 Å². The van der Waals surface area contributed by atoms with Crippen molar-refractivity contribution < 1.29 is 102 Å². The van der Waals surface area contributed by atoms with Crippen LogP contribution in [0.15, 0.2) is 144 Å². The van der Waals surface area contributed by atoms with Crippen molar-refractivity contribution in [1.82, 2.24) is 0 Å². The Morgan fingerprint density at radius 1 is 0.534 bits per heavy atom. The summed E-state index contributed by atoms with van der Waals surface area (Å²) in [5.41, 5.74) is -9.01. The summed E-state index contributed by atoms with van der Waals surface area (Å²) in [5, 5.41) is 61.9. The van der Waals surface area contributed by atoms with E-state index in [2.05, 4.69) is 93.9 Å². The Bertz CT molecular complexity index is 3750. The molecule has 12 atom stereocenters. The number of alkyl halides is 12. The predicted octanol–water partition coefficient (Wildman–Crippen LogP) is 23.6. The first-order chi connectivity index (χ1) is 52.2. The van der Waals surface area contributed by atoms with Crippen LogP contribution in [0.3, 0.4) is 0 Å². The summed E-state index contributed by atoms with van der Waals surface area (Å²) in [6, 6.07) is 19.8. The maximum absolute atomic E-state index is 14.7. The number of ketones is 1. The Kier molecular flexibility index (Phi) is 33.7. The molecule has 116 heavy (non-hydrogen) atoms. The van der Waals surface area contributed by atoms with Gasteiger partial charge in [0.05, 0.1) is 35.6 Å². The zero-order valence-corrected chi connectivity index (χ0v) is 75.8. The molecule has 0 spiro atoms. The molecule has 6 fully saturated rings. The van der Waals surface area contributed by atoms with Gasteiger partial charge in [-0.2, -0.15) is 66.2 Å². The topological polar surface area (TPSA) is 174 Å². The largest absolute Gasteiger partial charge is 0.429 e. The maximum Gasteiger partial charge on any atom is 0.429 e. The summed E-state index contributed by atoms with van der Waals surface area (Å²) in [6.07, 6.45) is -4.74. The number of aliphatic hydroxyl groups is 6. The molecule has 26 heteroatoms. The summed E-state index contributed by atoms with van der Waals surface area (Å²) in [4.78, 5) is 12.5. The molecule has 0 aliphatic heterocycles. The van der Waals surface area contributed by atoms with E-state index in [9.17, 15) is 92.7 Å². The molecule has 7 unspecified atom stereocenters. The van der Waals surface area contributed by atoms with Crippen LogP contribution in [0.25, 0.3) is 0 Å². The van der Waals surface area contributed by atoms with Crippen molar-refractivity contribution in [3.8, 4) is 0 Å². The quantitative estimate of drug-likeness (QED) is 0.0243. The van der Waals surface area contributed by atoms with E-state index in [1.807, 2.05) is 93.6 Å². The Hall–Kier alpha value is -3.86. The third-order valence-electron chi connectivity index (χ3n) is 27.6. The highest BCUT2D eigenvalue weighted by molar-refractivity contribution is 7.78. The number of benzene rings is 2. The van der Waals surface area contributed by atoms with Crippen molar-refractivity contribution in [1.29, 1.82) is 0 Å². The van der Waals surface area contributed by atoms with Gasteiger partial charge in [0.15, 0.2) is 16.6 Å². The smallest absolute Gasteiger partial charge is 0.413 e. The Morgan fingerprint density at radius 2 is 0.940 bits per heavy atom. The first-order valence-corrected chi connectivity index (χ1v) is 48.8. The number of halogens is 12. The van der Waals surface area contributed by atoms with Crippen LogP contribution in [0.5, 0.6) is 0 Å². The summed E-state index contributed by atoms with van der Waals surface area (Å²) >= 11 is 0. The molecule has 0 aromatic heterocycles. The highest BCUT2D eigenvalue weighted by Crippen LogP contribution is 2.65. The van der Waals surface area contributed by atoms with Crippen LogP contribution in [0.2, 0.25) is 36.3 Å². The van der Waals surface area contributed by atoms with Crippen molar-refractivity contribution in [2.75, 3.05) is 6.16 Å². The van der Waals surface area contributed by atoms with Gasteiger partial charge < -0.3 is 44.1 Å². The number of aliphatic hydroxyl groups excluding tert-OH is 2. The number of fused-ring (bicyclic) bond motifs is 2. The van der Waals surface area contributed by atoms with Crippen molar-refractivity contribution in [3.05, 3.63) is 144 Å². The summed E-state index contributed by atoms with van der Waals surface area (Å²) in [5.74, 6) is 0.108. The van der Waals surface area contributed by atoms with Gasteiger partial charge >= 0.3 is 24.7 Å². The molecule has 0 bridgehead atoms. The second-order valence-corrected chi connectivity index (χ2v) is 52.0. The second kappa shape index (κ2) is 38.1. The summed E-state index contributed by atoms with van der Waals surface area (Å²) < 4.78 is 187. The molecule has 6 aliphatic rings. The van der Waals surface area contributed by atoms with Crippen molar-refractivity contribution >= 4 is 53.7 Å². The predicted molar refractivity (Wildman–Crippen MR) is 452 cm³/mol. The Balaban J connectivity index is 0.000000312. The molecule has 0 saturated heterocycles. The lowest BCUT2D eigenvalue weighted by atomic mass is 9.55. The van der Waals surface area contributed by atoms with Crippen LogP contribution in [0.1, 0.15) is 238 Å². The second-order valence-electron chi connectivity index (χ2n) is 39.6. The third-order valence-corrected chi connectivity index (χ3v) is 39.6. The van der Waals surface area contributed by atoms with E-state index in [1.54, 1.807) is 27.7 Å². The molecule has 10 nitrogen and oxygen atoms in total. The number of carbonyl (C=O) groups excluding carboxylic acids is 1. The number of rotatable bonds is 25. The van der Waals surface area contributed by atoms with Gasteiger partial charge in [-0.25, -0.2) is 0 Å². The van der Waals surface area contributed by atoms with Crippen molar-refractivity contribution in [3.63, 3.8) is 0 Å². The average molecular weight is 1730 g/mol. The first-order valence-electron chi connectivity index (χ1n) is 41.1. The monoisotopic (exact) mass is 1720 g/mol. The lowest BCUT2D eigenvalue weighted by Crippen LogP contribution is -2.55. The fourth-order valence-electron chi connectivity index (χ4n) is 18.8. The van der Waals surface area contributed by atoms with E-state index in [0.717, 1.165) is 97.3 Å². The molecular weight excluding hydrogens is 1590 g/mol. The molecule has 0 radical (unpaired) electrons. The number of hydrogen-bond donors (Lipinski definition) is 6. The van der Waals surface area contributed by atoms with Crippen LogP contribution in [0.4, 0.5) is 52.7 Å². The van der Waals surface area contributed by atoms with Crippen LogP contribution in [0, 0.1) is 45.3 Å². The SMILES string of the molecule is C=C1/C(=C\C=C2/CCC[C@@]3(C)C2CCC3C(C)(C/C=C/C(O)(C(F)(F)F)C(F)(F)F)CCCC(C)(C)O)C[C@@H](O)C[C@@H]1O.C=C1/C(=C\CP(=O)(c2ccccc2)c2ccccc2)CC(O[Si](C)(C)C(C)(C)C)C[C@@H]1O[Si](C)(C)C(C)(C)C.CC(C)(O)CCCC(C)(C/C=C/C(O)(C(F)(F)F)C(F)(F)F)C1CCC2C(=O)CCC[C@@]21C.S. The third kappa shape index (κ3) is 24.6. The first kappa shape index (κ1) is 103. The highest BCUT2D eigenvalue weighted by atomic mass is 32.1. The van der Waals surface area contributed by atoms with Crippen LogP contribution < -0.4 is 10.6 Å². The maximum atomic E-state index is 14.7. The van der Waals surface area contributed by atoms with Gasteiger partial charge in [-0.3, -0.25) is 4.79 Å². The van der Waals surface area contributed by atoms with Gasteiger partial charge in [0.1, 0.15) is 12.9 Å². The molecule has 8 rings (SSSR count). The van der Waals surface area contributed by atoms with E-state index in [-0.39, 0.29) is 107 Å². The van der Waals surface area contributed by atoms with Gasteiger partial charge in [-0.1, -0.05) is 192 Å². The van der Waals surface area contributed by atoms with Crippen molar-refractivity contribution in [2.45, 2.75) is 346 Å². The Labute approximate surface area is 693 Å². The van der Waals surface area contributed by atoms with Gasteiger partial charge in [0, 0.05) is 42.0 Å². The van der Waals surface area contributed by atoms with Gasteiger partial charge in [0.25, 0.3) is 11.2 Å². The molecule has 6 saturated carbocycles. The van der Waals surface area contributed by atoms with E-state index >= 15 is 0 Å². The van der Waals surface area contributed by atoms with Gasteiger partial charge in [-0.15, -0.1) is 0 Å². The zero-order valence-electron chi connectivity index (χ0n) is 71.9. The lowest BCUT2D eigenvalue weighted by molar-refractivity contribution is -0.348. The minimum absolute atomic E-state index is 0. The fourth-order valence-corrected chi connectivity index (χ4v) is 24.0. The molecule has 660 valence electrons. The zero-order chi connectivity index (χ0) is 87.4. The number of carbonyl (C=O) groups is 1. The molecule has 2 aromatic carbocycles. The molecule has 2 aromatic rings. The number of Topliss-reactive ketones (excluding diaryl/α,β-unsaturated/α-hetero) is 1. The minimum atomic E-state index is -5.92. The fraction of sp³-hybridized carbons (Fsp3) is 0.700. The highest BCUT2D eigenvalue weighted by Gasteiger charge is 2.70. The van der Waals surface area contributed by atoms with Crippen LogP contribution >= 0.6 is 20.6 Å². The Morgan fingerprint density at radius 3 is 1.35 bits per heavy atom. The van der Waals surface area contributed by atoms with Gasteiger partial charge in [-0.05, 0) is 247 Å². The summed E-state index contributed by atoms with van der Waals surface area (Å²) in [7, 11) is -6.90. The standard InChI is InChI=1S/C33H48F6O4.C33H51O3PSi2.C24H36F6O3.H2S/c1-21-23(19-24(40)20-26(21)41)11-10-22-9-6-17-30(5)25(22)12-13-27(30)29(4,15-7-14-28(2,3)42)16-8-18-31(43,32(34,35)36)33(37,38)39;1-26-27(22-23-37(34,29-18-14-12-15-19-29)30-20-16-13-17-21-30)24-28(35-38(8,9)32(2,3)4)25-31(26)36-39(10,11)33(5,6)7;1-19(2,32)11-6-12-20(3,13-7-15-22(33,23(25,26)27)24(28,29)30)18-10-9-16-17(31)8-5-14-21(16,18)4;/h8,10-11,18,24-27,40-43H,1,6-7,9,12-17,19-20H2,2-5H3;12-22,28,31H,1,23-25H2,2-11H3;7,15-16,18,32-33H,5-6,8-14H2,1-4H3;1H2/b18-8+,22-10+,23-11-;27-22-;15-7+;/t24-,25?,26+,27?,29?,30+;28?,31-;16?,18?,20?,21-;/m100./s1. The van der Waals surface area contributed by atoms with Gasteiger partial charge in [0.2, 0.25) is 0 Å². The van der Waals surface area contributed by atoms with E-state index in [1.165, 1.54) is 5.57 Å². The van der Waals surface area contributed by atoms with Crippen LogP contribution in [-0.4, -0.2) is 131 Å². The molecule has 0 heterocycles. The van der Waals surface area contributed by atoms with E-state index in [4.69, 9.17) is 8.85 Å².